The summed E-state index contributed by atoms with van der Waals surface area (Å²) in [6.07, 6.45) is 0. The number of carbonyl (C=O) groups is 1. The standard InChI is InChI=1S/C14H17ClN4O/c1-14(2,3)11-7-12(19-18-11)17-13(20)8-4-5-10(16)9(15)6-8/h4-7H,16H2,1-3H3,(H2,17,18,19,20). The molecule has 6 heteroatoms. The fourth-order valence-electron chi connectivity index (χ4n) is 1.63. The molecule has 1 aromatic heterocycles. The molecule has 5 nitrogen and oxygen atoms in total. The second kappa shape index (κ2) is 5.17. The molecule has 2 rings (SSSR count). The SMILES string of the molecule is CC(C)(C)c1cc(NC(=O)c2ccc(N)c(Cl)c2)n[nH]1. The molecule has 0 bridgehead atoms. The summed E-state index contributed by atoms with van der Waals surface area (Å²) in [4.78, 5) is 12.1. The minimum Gasteiger partial charge on any atom is -0.398 e. The molecular weight excluding hydrogens is 276 g/mol. The van der Waals surface area contributed by atoms with Crippen molar-refractivity contribution in [2.45, 2.75) is 26.2 Å². The summed E-state index contributed by atoms with van der Waals surface area (Å²) in [6.45, 7) is 6.18. The monoisotopic (exact) mass is 292 g/mol. The number of H-pyrrole nitrogens is 1. The van der Waals surface area contributed by atoms with Crippen LogP contribution in [0.3, 0.4) is 0 Å². The van der Waals surface area contributed by atoms with Crippen molar-refractivity contribution in [3.63, 3.8) is 0 Å². The maximum atomic E-state index is 12.1. The van der Waals surface area contributed by atoms with Crippen LogP contribution in [-0.2, 0) is 5.41 Å². The van der Waals surface area contributed by atoms with Crippen molar-refractivity contribution in [3.05, 3.63) is 40.5 Å². The molecular formula is C14H17ClN4O. The lowest BCUT2D eigenvalue weighted by atomic mass is 9.92. The minimum absolute atomic E-state index is 0.0551. The number of nitrogens with two attached hydrogens (primary N) is 1. The highest BCUT2D eigenvalue weighted by atomic mass is 35.5. The zero-order chi connectivity index (χ0) is 14.9. The molecule has 2 aromatic rings. The number of anilines is 2. The Labute approximate surface area is 122 Å². The van der Waals surface area contributed by atoms with Gasteiger partial charge in [0.15, 0.2) is 5.82 Å². The lowest BCUT2D eigenvalue weighted by Crippen LogP contribution is -2.12. The van der Waals surface area contributed by atoms with Crippen molar-refractivity contribution >= 4 is 29.0 Å². The first-order valence-corrected chi connectivity index (χ1v) is 6.57. The summed E-state index contributed by atoms with van der Waals surface area (Å²) in [7, 11) is 0. The minimum atomic E-state index is -0.279. The van der Waals surface area contributed by atoms with Gasteiger partial charge in [-0.15, -0.1) is 0 Å². The lowest BCUT2D eigenvalue weighted by molar-refractivity contribution is 0.102. The van der Waals surface area contributed by atoms with Crippen LogP contribution >= 0.6 is 11.6 Å². The number of amides is 1. The Morgan fingerprint density at radius 3 is 2.60 bits per heavy atom. The number of rotatable bonds is 2. The number of nitrogens with zero attached hydrogens (tertiary/aromatic N) is 1. The summed E-state index contributed by atoms with van der Waals surface area (Å²) in [6, 6.07) is 6.57. The summed E-state index contributed by atoms with van der Waals surface area (Å²) in [5.74, 6) is 0.201. The molecule has 0 unspecified atom stereocenters. The van der Waals surface area contributed by atoms with Crippen LogP contribution in [0.25, 0.3) is 0 Å². The fraction of sp³-hybridized carbons (Fsp3) is 0.286. The number of nitrogens with one attached hydrogen (secondary N) is 2. The Hall–Kier alpha value is -2.01. The predicted molar refractivity (Wildman–Crippen MR) is 81.1 cm³/mol. The summed E-state index contributed by atoms with van der Waals surface area (Å²) in [5.41, 5.74) is 7.38. The van der Waals surface area contributed by atoms with Crippen LogP contribution in [0.1, 0.15) is 36.8 Å². The van der Waals surface area contributed by atoms with E-state index in [0.29, 0.717) is 22.1 Å². The number of benzene rings is 1. The van der Waals surface area contributed by atoms with E-state index in [2.05, 4.69) is 36.3 Å². The fourth-order valence-corrected chi connectivity index (χ4v) is 1.81. The van der Waals surface area contributed by atoms with Gasteiger partial charge in [0.05, 0.1) is 10.7 Å². The molecule has 0 saturated heterocycles. The highest BCUT2D eigenvalue weighted by Crippen LogP contribution is 2.23. The third-order valence-corrected chi connectivity index (χ3v) is 3.22. The quantitative estimate of drug-likeness (QED) is 0.743. The molecule has 0 aliphatic heterocycles. The van der Waals surface area contributed by atoms with Crippen LogP contribution in [0.4, 0.5) is 11.5 Å². The van der Waals surface area contributed by atoms with Gasteiger partial charge in [0.1, 0.15) is 0 Å². The van der Waals surface area contributed by atoms with E-state index in [1.54, 1.807) is 12.1 Å². The molecule has 1 aromatic carbocycles. The van der Waals surface area contributed by atoms with Gasteiger partial charge in [-0.1, -0.05) is 32.4 Å². The molecule has 0 aliphatic rings. The number of hydrogen-bond donors (Lipinski definition) is 3. The first-order valence-electron chi connectivity index (χ1n) is 6.19. The Morgan fingerprint density at radius 1 is 1.35 bits per heavy atom. The molecule has 4 N–H and O–H groups in total. The lowest BCUT2D eigenvalue weighted by Gasteiger charge is -2.14. The molecule has 1 amide bonds. The third-order valence-electron chi connectivity index (χ3n) is 2.89. The summed E-state index contributed by atoms with van der Waals surface area (Å²) < 4.78 is 0. The molecule has 106 valence electrons. The van der Waals surface area contributed by atoms with Gasteiger partial charge in [-0.3, -0.25) is 9.89 Å². The van der Waals surface area contributed by atoms with Gasteiger partial charge >= 0.3 is 0 Å². The van der Waals surface area contributed by atoms with Crippen molar-refractivity contribution in [3.8, 4) is 0 Å². The van der Waals surface area contributed by atoms with Gasteiger partial charge < -0.3 is 11.1 Å². The van der Waals surface area contributed by atoms with Gasteiger partial charge in [0, 0.05) is 22.7 Å². The summed E-state index contributed by atoms with van der Waals surface area (Å²) in [5, 5.41) is 10.1. The van der Waals surface area contributed by atoms with Crippen LogP contribution in [0.2, 0.25) is 5.02 Å². The second-order valence-corrected chi connectivity index (χ2v) is 6.01. The van der Waals surface area contributed by atoms with E-state index < -0.39 is 0 Å². The van der Waals surface area contributed by atoms with E-state index >= 15 is 0 Å². The summed E-state index contributed by atoms with van der Waals surface area (Å²) >= 11 is 5.90. The van der Waals surface area contributed by atoms with Crippen LogP contribution in [0.15, 0.2) is 24.3 Å². The molecule has 1 heterocycles. The Bertz CT molecular complexity index is 643. The molecule has 0 aliphatic carbocycles. The van der Waals surface area contributed by atoms with Gasteiger partial charge in [-0.25, -0.2) is 0 Å². The zero-order valence-electron chi connectivity index (χ0n) is 11.6. The van der Waals surface area contributed by atoms with Crippen LogP contribution in [0.5, 0.6) is 0 Å². The van der Waals surface area contributed by atoms with Crippen molar-refractivity contribution in [2.75, 3.05) is 11.1 Å². The van der Waals surface area contributed by atoms with Gasteiger partial charge in [0.2, 0.25) is 0 Å². The van der Waals surface area contributed by atoms with E-state index in [0.717, 1.165) is 5.69 Å². The number of aromatic nitrogens is 2. The smallest absolute Gasteiger partial charge is 0.256 e. The molecule has 0 atom stereocenters. The second-order valence-electron chi connectivity index (χ2n) is 5.61. The number of halogens is 1. The molecule has 0 spiro atoms. The van der Waals surface area contributed by atoms with Gasteiger partial charge in [-0.2, -0.15) is 5.10 Å². The van der Waals surface area contributed by atoms with Crippen LogP contribution < -0.4 is 11.1 Å². The molecule has 20 heavy (non-hydrogen) atoms. The number of aromatic amines is 1. The highest BCUT2D eigenvalue weighted by Gasteiger charge is 2.17. The number of carbonyl (C=O) groups excluding carboxylic acids is 1. The van der Waals surface area contributed by atoms with E-state index in [-0.39, 0.29) is 11.3 Å². The molecule has 0 fully saturated rings. The van der Waals surface area contributed by atoms with Crippen molar-refractivity contribution in [1.82, 2.24) is 10.2 Å². The van der Waals surface area contributed by atoms with Crippen molar-refractivity contribution in [1.29, 1.82) is 0 Å². The predicted octanol–water partition coefficient (Wildman–Crippen LogP) is 3.20. The number of nitrogen functional groups attached to an aromatic ring is 1. The Kier molecular flexibility index (Phi) is 3.72. The topological polar surface area (TPSA) is 83.8 Å². The van der Waals surface area contributed by atoms with Gasteiger partial charge in [0.25, 0.3) is 5.91 Å². The maximum Gasteiger partial charge on any atom is 0.256 e. The normalized spacial score (nSPS) is 11.4. The Balaban J connectivity index is 2.15. The average molecular weight is 293 g/mol. The van der Waals surface area contributed by atoms with E-state index in [4.69, 9.17) is 17.3 Å². The maximum absolute atomic E-state index is 12.1. The number of hydrogen-bond acceptors (Lipinski definition) is 3. The largest absolute Gasteiger partial charge is 0.398 e. The van der Waals surface area contributed by atoms with Gasteiger partial charge in [-0.05, 0) is 18.2 Å². The van der Waals surface area contributed by atoms with E-state index in [1.165, 1.54) is 6.07 Å². The first-order chi connectivity index (χ1) is 9.27. The van der Waals surface area contributed by atoms with E-state index in [9.17, 15) is 4.79 Å². The van der Waals surface area contributed by atoms with Crippen molar-refractivity contribution in [2.24, 2.45) is 0 Å². The zero-order valence-corrected chi connectivity index (χ0v) is 12.4. The van der Waals surface area contributed by atoms with Crippen molar-refractivity contribution < 1.29 is 4.79 Å². The Morgan fingerprint density at radius 2 is 2.05 bits per heavy atom. The molecule has 0 saturated carbocycles. The van der Waals surface area contributed by atoms with Crippen LogP contribution in [0, 0.1) is 0 Å². The molecule has 0 radical (unpaired) electrons. The van der Waals surface area contributed by atoms with Crippen LogP contribution in [-0.4, -0.2) is 16.1 Å². The third kappa shape index (κ3) is 3.11. The van der Waals surface area contributed by atoms with E-state index in [1.807, 2.05) is 6.07 Å². The average Bonchev–Trinajstić information content (AvgIpc) is 2.81. The first kappa shape index (κ1) is 14.4. The highest BCUT2D eigenvalue weighted by molar-refractivity contribution is 6.33.